The lowest BCUT2D eigenvalue weighted by Crippen LogP contribution is -2.18. The van der Waals surface area contributed by atoms with Crippen LogP contribution in [0.5, 0.6) is 0 Å². The maximum absolute atomic E-state index is 10.2. The Labute approximate surface area is 127 Å². The summed E-state index contributed by atoms with van der Waals surface area (Å²) in [6.45, 7) is 4.34. The van der Waals surface area contributed by atoms with Crippen LogP contribution in [0, 0.1) is 0 Å². The fourth-order valence-corrected chi connectivity index (χ4v) is 3.98. The van der Waals surface area contributed by atoms with Crippen LogP contribution in [-0.4, -0.2) is 32.0 Å². The summed E-state index contributed by atoms with van der Waals surface area (Å²) in [5, 5.41) is 15.5. The van der Waals surface area contributed by atoms with Crippen LogP contribution in [0.4, 0.5) is 0 Å². The van der Waals surface area contributed by atoms with E-state index in [4.69, 9.17) is 0 Å². The summed E-state index contributed by atoms with van der Waals surface area (Å²) in [6, 6.07) is 2.48. The van der Waals surface area contributed by atoms with Gasteiger partial charge in [-0.3, -0.25) is 4.68 Å². The molecule has 1 saturated carbocycles. The second-order valence-electron chi connectivity index (χ2n) is 6.00. The lowest BCUT2D eigenvalue weighted by atomic mass is 10.0. The molecular formula is C16H28N2OS. The van der Waals surface area contributed by atoms with E-state index < -0.39 is 0 Å². The number of aromatic nitrogens is 2. The van der Waals surface area contributed by atoms with Crippen molar-refractivity contribution in [1.29, 1.82) is 0 Å². The van der Waals surface area contributed by atoms with Gasteiger partial charge in [-0.2, -0.15) is 16.9 Å². The van der Waals surface area contributed by atoms with Crippen LogP contribution in [0.25, 0.3) is 0 Å². The molecule has 20 heavy (non-hydrogen) atoms. The molecule has 0 spiro atoms. The third kappa shape index (κ3) is 4.81. The van der Waals surface area contributed by atoms with Crippen LogP contribution in [0.2, 0.25) is 0 Å². The van der Waals surface area contributed by atoms with Gasteiger partial charge in [0, 0.05) is 29.7 Å². The van der Waals surface area contributed by atoms with Gasteiger partial charge in [-0.1, -0.05) is 26.2 Å². The van der Waals surface area contributed by atoms with Crippen LogP contribution in [-0.2, 0) is 6.42 Å². The Morgan fingerprint density at radius 3 is 2.85 bits per heavy atom. The fourth-order valence-electron chi connectivity index (χ4n) is 2.70. The molecule has 1 N–H and O–H groups in total. The number of nitrogens with zero attached hydrogens (tertiary/aromatic N) is 2. The van der Waals surface area contributed by atoms with Gasteiger partial charge in [-0.05, 0) is 32.3 Å². The maximum Gasteiger partial charge on any atom is 0.0686 e. The van der Waals surface area contributed by atoms with E-state index >= 15 is 0 Å². The SMILES string of the molecule is CCC(C)n1ccc(CC(O)CSC2CCCCC2)n1. The Balaban J connectivity index is 1.73. The van der Waals surface area contributed by atoms with Gasteiger partial charge in [0.1, 0.15) is 0 Å². The Morgan fingerprint density at radius 2 is 2.15 bits per heavy atom. The highest BCUT2D eigenvalue weighted by Gasteiger charge is 2.16. The van der Waals surface area contributed by atoms with E-state index in [2.05, 4.69) is 18.9 Å². The summed E-state index contributed by atoms with van der Waals surface area (Å²) < 4.78 is 2.01. The summed E-state index contributed by atoms with van der Waals surface area (Å²) in [6.07, 6.45) is 10.3. The molecule has 1 aromatic heterocycles. The van der Waals surface area contributed by atoms with E-state index in [1.165, 1.54) is 32.1 Å². The zero-order chi connectivity index (χ0) is 14.4. The molecule has 1 aliphatic carbocycles. The topological polar surface area (TPSA) is 38.0 Å². The Bertz CT molecular complexity index is 388. The standard InChI is InChI=1S/C16H28N2OS/c1-3-13(2)18-10-9-14(17-18)11-15(19)12-20-16-7-5-4-6-8-16/h9-10,13,15-16,19H,3-8,11-12H2,1-2H3. The molecule has 1 heterocycles. The van der Waals surface area contributed by atoms with Gasteiger partial charge in [0.15, 0.2) is 0 Å². The summed E-state index contributed by atoms with van der Waals surface area (Å²) in [5.41, 5.74) is 1.02. The molecule has 114 valence electrons. The number of thioether (sulfide) groups is 1. The van der Waals surface area contributed by atoms with E-state index in [-0.39, 0.29) is 6.10 Å². The van der Waals surface area contributed by atoms with Gasteiger partial charge in [0.05, 0.1) is 11.8 Å². The van der Waals surface area contributed by atoms with E-state index in [1.54, 1.807) is 0 Å². The highest BCUT2D eigenvalue weighted by atomic mass is 32.2. The predicted octanol–water partition coefficient (Wildman–Crippen LogP) is 3.82. The molecule has 4 heteroatoms. The number of aliphatic hydroxyl groups excluding tert-OH is 1. The van der Waals surface area contributed by atoms with Crippen LogP contribution < -0.4 is 0 Å². The number of aliphatic hydroxyl groups is 1. The average molecular weight is 296 g/mol. The summed E-state index contributed by atoms with van der Waals surface area (Å²) in [5.74, 6) is 0.848. The van der Waals surface area contributed by atoms with Gasteiger partial charge in [-0.25, -0.2) is 0 Å². The molecule has 0 bridgehead atoms. The van der Waals surface area contributed by atoms with E-state index in [0.717, 1.165) is 23.1 Å². The van der Waals surface area contributed by atoms with Crippen LogP contribution in [0.1, 0.15) is 64.1 Å². The van der Waals surface area contributed by atoms with E-state index in [9.17, 15) is 5.11 Å². The molecule has 0 radical (unpaired) electrons. The van der Waals surface area contributed by atoms with Crippen LogP contribution in [0.15, 0.2) is 12.3 Å². The first-order valence-corrected chi connectivity index (χ1v) is 9.07. The molecule has 0 saturated heterocycles. The minimum atomic E-state index is -0.262. The number of rotatable bonds is 7. The van der Waals surface area contributed by atoms with Crippen LogP contribution in [0.3, 0.4) is 0 Å². The fraction of sp³-hybridized carbons (Fsp3) is 0.812. The van der Waals surface area contributed by atoms with Gasteiger partial charge in [0.2, 0.25) is 0 Å². The van der Waals surface area contributed by atoms with Crippen LogP contribution >= 0.6 is 11.8 Å². The molecule has 2 unspecified atom stereocenters. The van der Waals surface area contributed by atoms with E-state index in [1.807, 2.05) is 28.7 Å². The highest BCUT2D eigenvalue weighted by molar-refractivity contribution is 7.99. The van der Waals surface area contributed by atoms with Gasteiger partial charge in [0.25, 0.3) is 0 Å². The zero-order valence-electron chi connectivity index (χ0n) is 12.8. The predicted molar refractivity (Wildman–Crippen MR) is 86.3 cm³/mol. The smallest absolute Gasteiger partial charge is 0.0686 e. The molecule has 3 nitrogen and oxygen atoms in total. The number of hydrogen-bond donors (Lipinski definition) is 1. The molecule has 2 rings (SSSR count). The van der Waals surface area contributed by atoms with Crippen molar-refractivity contribution in [3.8, 4) is 0 Å². The lowest BCUT2D eigenvalue weighted by Gasteiger charge is -2.22. The summed E-state index contributed by atoms with van der Waals surface area (Å²) in [7, 11) is 0. The van der Waals surface area contributed by atoms with E-state index in [0.29, 0.717) is 12.5 Å². The zero-order valence-corrected chi connectivity index (χ0v) is 13.6. The summed E-state index contributed by atoms with van der Waals surface area (Å²) in [4.78, 5) is 0. The largest absolute Gasteiger partial charge is 0.392 e. The minimum Gasteiger partial charge on any atom is -0.392 e. The van der Waals surface area contributed by atoms with Crippen molar-refractivity contribution < 1.29 is 5.11 Å². The second kappa shape index (κ2) is 8.08. The first-order chi connectivity index (χ1) is 9.69. The third-order valence-electron chi connectivity index (χ3n) is 4.23. The third-order valence-corrected chi connectivity index (χ3v) is 5.75. The van der Waals surface area contributed by atoms with Gasteiger partial charge < -0.3 is 5.11 Å². The molecule has 1 aliphatic rings. The van der Waals surface area contributed by atoms with Gasteiger partial charge >= 0.3 is 0 Å². The lowest BCUT2D eigenvalue weighted by molar-refractivity contribution is 0.198. The van der Waals surface area contributed by atoms with Crippen molar-refractivity contribution in [2.45, 2.75) is 76.2 Å². The van der Waals surface area contributed by atoms with Crippen molar-refractivity contribution in [2.24, 2.45) is 0 Å². The maximum atomic E-state index is 10.2. The first-order valence-electron chi connectivity index (χ1n) is 8.02. The molecular weight excluding hydrogens is 268 g/mol. The molecule has 1 aromatic rings. The van der Waals surface area contributed by atoms with Crippen molar-refractivity contribution >= 4 is 11.8 Å². The van der Waals surface area contributed by atoms with Crippen molar-refractivity contribution in [3.05, 3.63) is 18.0 Å². The first kappa shape index (κ1) is 15.9. The molecule has 2 atom stereocenters. The monoisotopic (exact) mass is 296 g/mol. The van der Waals surface area contributed by atoms with Crippen molar-refractivity contribution in [3.63, 3.8) is 0 Å². The second-order valence-corrected chi connectivity index (χ2v) is 7.33. The average Bonchev–Trinajstić information content (AvgIpc) is 2.94. The molecule has 0 amide bonds. The molecule has 0 aliphatic heterocycles. The van der Waals surface area contributed by atoms with Crippen molar-refractivity contribution in [1.82, 2.24) is 9.78 Å². The summed E-state index contributed by atoms with van der Waals surface area (Å²) >= 11 is 1.96. The molecule has 1 fully saturated rings. The quantitative estimate of drug-likeness (QED) is 0.831. The van der Waals surface area contributed by atoms with Crippen molar-refractivity contribution in [2.75, 3.05) is 5.75 Å². The Hall–Kier alpha value is -0.480. The Kier molecular flexibility index (Phi) is 6.43. The number of hydrogen-bond acceptors (Lipinski definition) is 3. The van der Waals surface area contributed by atoms with Gasteiger partial charge in [-0.15, -0.1) is 0 Å². The Morgan fingerprint density at radius 1 is 1.40 bits per heavy atom. The molecule has 0 aromatic carbocycles. The highest BCUT2D eigenvalue weighted by Crippen LogP contribution is 2.28. The normalized spacial score (nSPS) is 19.9. The minimum absolute atomic E-state index is 0.262.